The van der Waals surface area contributed by atoms with Gasteiger partial charge in [-0.3, -0.25) is 14.9 Å². The first kappa shape index (κ1) is 20.2. The monoisotopic (exact) mass is 393 g/mol. The number of carbonyl (C=O) groups excluding carboxylic acids is 1. The number of nitro groups is 1. The van der Waals surface area contributed by atoms with E-state index in [1.54, 1.807) is 30.3 Å². The highest BCUT2D eigenvalue weighted by Gasteiger charge is 2.19. The van der Waals surface area contributed by atoms with Crippen LogP contribution in [0.2, 0.25) is 0 Å². The predicted molar refractivity (Wildman–Crippen MR) is 98.7 cm³/mol. The Morgan fingerprint density at radius 1 is 1.26 bits per heavy atom. The maximum absolute atomic E-state index is 13.3. The topological polar surface area (TPSA) is 110 Å². The summed E-state index contributed by atoms with van der Waals surface area (Å²) in [5.41, 5.74) is -0.129. The van der Waals surface area contributed by atoms with Gasteiger partial charge in [-0.2, -0.15) is 8.70 Å². The molecule has 1 amide bonds. The number of hydrogen-bond donors (Lipinski definition) is 1. The predicted octanol–water partition coefficient (Wildman–Crippen LogP) is 2.60. The number of nitrogens with one attached hydrogen (secondary N) is 1. The minimum atomic E-state index is -3.85. The van der Waals surface area contributed by atoms with Crippen molar-refractivity contribution in [1.29, 1.82) is 0 Å². The van der Waals surface area contributed by atoms with E-state index in [2.05, 4.69) is 5.32 Å². The van der Waals surface area contributed by atoms with Crippen LogP contribution >= 0.6 is 0 Å². The Bertz CT molecular complexity index is 977. The number of nitro benzene ring substituents is 1. The van der Waals surface area contributed by atoms with Crippen molar-refractivity contribution in [2.45, 2.75) is 0 Å². The number of halogens is 1. The van der Waals surface area contributed by atoms with E-state index in [4.69, 9.17) is 0 Å². The van der Waals surface area contributed by atoms with Crippen LogP contribution in [0.15, 0.2) is 53.9 Å². The molecule has 142 valence electrons. The van der Waals surface area contributed by atoms with Crippen molar-refractivity contribution in [3.63, 3.8) is 0 Å². The Balaban J connectivity index is 2.03. The highest BCUT2D eigenvalue weighted by molar-refractivity contribution is 7.92. The standard InChI is InChI=1S/C17H16FN3O5S/c1-20(27(25,26)10-9-13-5-3-2-4-6-13)12-17(22)19-14-7-8-15(18)16(11-14)21(23)24/h2-11H,12H2,1H3,(H,19,22)/b10-9+. The number of carbonyl (C=O) groups is 1. The van der Waals surface area contributed by atoms with Gasteiger partial charge in [0, 0.05) is 24.2 Å². The van der Waals surface area contributed by atoms with Gasteiger partial charge in [-0.25, -0.2) is 8.42 Å². The van der Waals surface area contributed by atoms with Gasteiger partial charge in [-0.1, -0.05) is 30.3 Å². The molecule has 2 aromatic carbocycles. The van der Waals surface area contributed by atoms with Crippen LogP contribution in [-0.2, 0) is 14.8 Å². The molecule has 0 aliphatic carbocycles. The molecule has 0 atom stereocenters. The minimum Gasteiger partial charge on any atom is -0.325 e. The highest BCUT2D eigenvalue weighted by atomic mass is 32.2. The lowest BCUT2D eigenvalue weighted by atomic mass is 10.2. The lowest BCUT2D eigenvalue weighted by Gasteiger charge is -2.14. The van der Waals surface area contributed by atoms with Crippen LogP contribution in [0.3, 0.4) is 0 Å². The average Bonchev–Trinajstić information content (AvgIpc) is 2.62. The first-order valence-corrected chi connectivity index (χ1v) is 9.12. The fourth-order valence-corrected chi connectivity index (χ4v) is 2.89. The van der Waals surface area contributed by atoms with Gasteiger partial charge in [0.05, 0.1) is 11.5 Å². The summed E-state index contributed by atoms with van der Waals surface area (Å²) in [5.74, 6) is -1.76. The molecular formula is C17H16FN3O5S. The molecule has 2 aromatic rings. The van der Waals surface area contributed by atoms with Gasteiger partial charge in [0.25, 0.3) is 0 Å². The third-order valence-electron chi connectivity index (χ3n) is 3.46. The highest BCUT2D eigenvalue weighted by Crippen LogP contribution is 2.21. The van der Waals surface area contributed by atoms with E-state index in [9.17, 15) is 27.7 Å². The van der Waals surface area contributed by atoms with E-state index < -0.39 is 38.9 Å². The van der Waals surface area contributed by atoms with Crippen molar-refractivity contribution in [3.05, 3.63) is 75.4 Å². The number of anilines is 1. The third-order valence-corrected chi connectivity index (χ3v) is 4.94. The average molecular weight is 393 g/mol. The second-order valence-corrected chi connectivity index (χ2v) is 7.41. The van der Waals surface area contributed by atoms with Crippen LogP contribution in [-0.4, -0.2) is 37.1 Å². The van der Waals surface area contributed by atoms with E-state index in [1.807, 2.05) is 0 Å². The van der Waals surface area contributed by atoms with Crippen molar-refractivity contribution in [3.8, 4) is 0 Å². The second-order valence-electron chi connectivity index (χ2n) is 5.49. The molecule has 0 fully saturated rings. The quantitative estimate of drug-likeness (QED) is 0.574. The van der Waals surface area contributed by atoms with Crippen LogP contribution in [0.1, 0.15) is 5.56 Å². The van der Waals surface area contributed by atoms with Gasteiger partial charge in [0.1, 0.15) is 0 Å². The van der Waals surface area contributed by atoms with Crippen LogP contribution in [0.4, 0.5) is 15.8 Å². The fraction of sp³-hybridized carbons (Fsp3) is 0.118. The van der Waals surface area contributed by atoms with E-state index in [1.165, 1.54) is 13.1 Å². The number of likely N-dealkylation sites (N-methyl/N-ethyl adjacent to an activating group) is 1. The molecule has 0 saturated heterocycles. The second kappa shape index (κ2) is 8.52. The number of nitrogens with zero attached hydrogens (tertiary/aromatic N) is 2. The van der Waals surface area contributed by atoms with Crippen LogP contribution in [0, 0.1) is 15.9 Å². The summed E-state index contributed by atoms with van der Waals surface area (Å²) in [6, 6.07) is 11.6. The summed E-state index contributed by atoms with van der Waals surface area (Å²) >= 11 is 0. The van der Waals surface area contributed by atoms with Crippen molar-refractivity contribution in [2.75, 3.05) is 18.9 Å². The van der Waals surface area contributed by atoms with Gasteiger partial charge in [0.15, 0.2) is 0 Å². The molecule has 27 heavy (non-hydrogen) atoms. The maximum Gasteiger partial charge on any atom is 0.306 e. The molecule has 2 rings (SSSR count). The van der Waals surface area contributed by atoms with Crippen molar-refractivity contribution < 1.29 is 22.5 Å². The third kappa shape index (κ3) is 5.69. The molecule has 0 spiro atoms. The van der Waals surface area contributed by atoms with Crippen molar-refractivity contribution in [1.82, 2.24) is 4.31 Å². The summed E-state index contributed by atoms with van der Waals surface area (Å²) < 4.78 is 38.5. The molecule has 0 saturated carbocycles. The Hall–Kier alpha value is -3.11. The smallest absolute Gasteiger partial charge is 0.306 e. The largest absolute Gasteiger partial charge is 0.325 e. The van der Waals surface area contributed by atoms with Crippen molar-refractivity contribution >= 4 is 33.4 Å². The van der Waals surface area contributed by atoms with Crippen molar-refractivity contribution in [2.24, 2.45) is 0 Å². The molecule has 0 bridgehead atoms. The first-order valence-electron chi connectivity index (χ1n) is 7.62. The summed E-state index contributed by atoms with van der Waals surface area (Å²) in [5, 5.41) is 14.0. The Kier molecular flexibility index (Phi) is 6.37. The maximum atomic E-state index is 13.3. The molecule has 10 heteroatoms. The molecule has 0 unspecified atom stereocenters. The SMILES string of the molecule is CN(CC(=O)Nc1ccc(F)c([N+](=O)[O-])c1)S(=O)(=O)/C=C/c1ccccc1. The summed E-state index contributed by atoms with van der Waals surface area (Å²) in [6.07, 6.45) is 1.40. The zero-order chi connectivity index (χ0) is 20.0. The summed E-state index contributed by atoms with van der Waals surface area (Å²) in [6.45, 7) is -0.521. The Morgan fingerprint density at radius 3 is 2.56 bits per heavy atom. The molecule has 1 N–H and O–H groups in total. The number of benzene rings is 2. The lowest BCUT2D eigenvalue weighted by molar-refractivity contribution is -0.387. The normalized spacial score (nSPS) is 11.7. The van der Waals surface area contributed by atoms with E-state index >= 15 is 0 Å². The summed E-state index contributed by atoms with van der Waals surface area (Å²) in [7, 11) is -2.63. The zero-order valence-electron chi connectivity index (χ0n) is 14.2. The number of amides is 1. The van der Waals surface area contributed by atoms with E-state index in [0.717, 1.165) is 27.9 Å². The Labute approximate surface area is 155 Å². The molecule has 0 radical (unpaired) electrons. The van der Waals surface area contributed by atoms with Gasteiger partial charge in [-0.15, -0.1) is 0 Å². The molecule has 0 aliphatic rings. The van der Waals surface area contributed by atoms with Gasteiger partial charge in [-0.05, 0) is 23.8 Å². The molecule has 0 heterocycles. The fourth-order valence-electron chi connectivity index (χ4n) is 2.06. The van der Waals surface area contributed by atoms with Gasteiger partial charge < -0.3 is 5.32 Å². The molecule has 8 nitrogen and oxygen atoms in total. The minimum absolute atomic E-state index is 0.0151. The number of rotatable bonds is 7. The van der Waals surface area contributed by atoms with Crippen LogP contribution < -0.4 is 5.32 Å². The first-order chi connectivity index (χ1) is 12.7. The molecule has 0 aromatic heterocycles. The van der Waals surface area contributed by atoms with Gasteiger partial charge in [0.2, 0.25) is 21.7 Å². The number of hydrogen-bond acceptors (Lipinski definition) is 5. The van der Waals surface area contributed by atoms with Crippen LogP contribution in [0.25, 0.3) is 6.08 Å². The van der Waals surface area contributed by atoms with E-state index in [-0.39, 0.29) is 5.69 Å². The van der Waals surface area contributed by atoms with Gasteiger partial charge >= 0.3 is 5.69 Å². The zero-order valence-corrected chi connectivity index (χ0v) is 15.0. The molecule has 0 aliphatic heterocycles. The number of sulfonamides is 1. The van der Waals surface area contributed by atoms with Crippen LogP contribution in [0.5, 0.6) is 0 Å². The van der Waals surface area contributed by atoms with E-state index in [0.29, 0.717) is 5.56 Å². The lowest BCUT2D eigenvalue weighted by Crippen LogP contribution is -2.33. The Morgan fingerprint density at radius 2 is 1.93 bits per heavy atom. The molecular weight excluding hydrogens is 377 g/mol. The summed E-state index contributed by atoms with van der Waals surface area (Å²) in [4.78, 5) is 21.8.